The van der Waals surface area contributed by atoms with Crippen molar-refractivity contribution in [3.8, 4) is 0 Å². The summed E-state index contributed by atoms with van der Waals surface area (Å²) in [5.74, 6) is -2.50. The van der Waals surface area contributed by atoms with Crippen LogP contribution in [0.2, 0.25) is 0 Å². The number of carbonyl (C=O) groups excluding carboxylic acids is 2. The van der Waals surface area contributed by atoms with E-state index in [9.17, 15) is 18.4 Å². The second-order valence-corrected chi connectivity index (χ2v) is 4.76. The first-order chi connectivity index (χ1) is 10.5. The van der Waals surface area contributed by atoms with Crippen LogP contribution < -0.4 is 10.6 Å². The van der Waals surface area contributed by atoms with E-state index in [4.69, 9.17) is 0 Å². The average Bonchev–Trinajstić information content (AvgIpc) is 2.48. The summed E-state index contributed by atoms with van der Waals surface area (Å²) >= 11 is 0. The predicted octanol–water partition coefficient (Wildman–Crippen LogP) is 1.75. The van der Waals surface area contributed by atoms with Gasteiger partial charge in [0.15, 0.2) is 0 Å². The summed E-state index contributed by atoms with van der Waals surface area (Å²) in [6.07, 6.45) is 0.978. The molecule has 0 heterocycles. The van der Waals surface area contributed by atoms with Gasteiger partial charge in [-0.15, -0.1) is 0 Å². The average molecular weight is 313 g/mol. The van der Waals surface area contributed by atoms with E-state index in [0.29, 0.717) is 25.9 Å². The fourth-order valence-electron chi connectivity index (χ4n) is 1.92. The Morgan fingerprint density at radius 1 is 1.23 bits per heavy atom. The SMILES string of the molecule is CCN(CC(=O)Nc1c(F)cccc1F)C(=O)CCCNC. The van der Waals surface area contributed by atoms with Crippen molar-refractivity contribution in [2.75, 3.05) is 32.0 Å². The monoisotopic (exact) mass is 313 g/mol. The quantitative estimate of drug-likeness (QED) is 0.719. The Labute approximate surface area is 128 Å². The number of amides is 2. The third-order valence-electron chi connectivity index (χ3n) is 3.11. The first-order valence-electron chi connectivity index (χ1n) is 7.15. The second kappa shape index (κ2) is 9.09. The number of benzene rings is 1. The first kappa shape index (κ1) is 18.0. The molecule has 2 N–H and O–H groups in total. The fraction of sp³-hybridized carbons (Fsp3) is 0.467. The van der Waals surface area contributed by atoms with Crippen molar-refractivity contribution < 1.29 is 18.4 Å². The number of nitrogens with zero attached hydrogens (tertiary/aromatic N) is 1. The Bertz CT molecular complexity index is 503. The highest BCUT2D eigenvalue weighted by Gasteiger charge is 2.17. The maximum absolute atomic E-state index is 13.5. The first-order valence-corrected chi connectivity index (χ1v) is 7.15. The molecular weight excluding hydrogens is 292 g/mol. The maximum Gasteiger partial charge on any atom is 0.244 e. The minimum absolute atomic E-state index is 0.165. The van der Waals surface area contributed by atoms with Gasteiger partial charge < -0.3 is 15.5 Å². The number of nitrogens with one attached hydrogen (secondary N) is 2. The number of rotatable bonds is 8. The molecule has 7 heteroatoms. The van der Waals surface area contributed by atoms with Gasteiger partial charge in [-0.1, -0.05) is 6.07 Å². The van der Waals surface area contributed by atoms with Gasteiger partial charge in [0.25, 0.3) is 0 Å². The van der Waals surface area contributed by atoms with E-state index in [0.717, 1.165) is 12.1 Å². The minimum atomic E-state index is -0.850. The topological polar surface area (TPSA) is 61.4 Å². The molecule has 5 nitrogen and oxygen atoms in total. The molecule has 122 valence electrons. The molecule has 0 aromatic heterocycles. The zero-order chi connectivity index (χ0) is 16.5. The van der Waals surface area contributed by atoms with Gasteiger partial charge in [-0.25, -0.2) is 8.78 Å². The Morgan fingerprint density at radius 2 is 1.86 bits per heavy atom. The standard InChI is InChI=1S/C15H21F2N3O2/c1-3-20(14(22)8-5-9-18-2)10-13(21)19-15-11(16)6-4-7-12(15)17/h4,6-7,18H,3,5,8-10H2,1-2H3,(H,19,21). The van der Waals surface area contributed by atoms with Gasteiger partial charge in [0, 0.05) is 13.0 Å². The molecule has 1 aromatic rings. The lowest BCUT2D eigenvalue weighted by Crippen LogP contribution is -2.38. The van der Waals surface area contributed by atoms with Crippen molar-refractivity contribution in [1.82, 2.24) is 10.2 Å². The van der Waals surface area contributed by atoms with E-state index in [2.05, 4.69) is 10.6 Å². The molecule has 0 unspecified atom stereocenters. The van der Waals surface area contributed by atoms with Crippen molar-refractivity contribution in [2.24, 2.45) is 0 Å². The minimum Gasteiger partial charge on any atom is -0.334 e. The van der Waals surface area contributed by atoms with Crippen LogP contribution in [0.25, 0.3) is 0 Å². The van der Waals surface area contributed by atoms with Crippen LogP contribution >= 0.6 is 0 Å². The zero-order valence-corrected chi connectivity index (χ0v) is 12.8. The number of halogens is 2. The number of para-hydroxylation sites is 1. The van der Waals surface area contributed by atoms with Gasteiger partial charge in [0.1, 0.15) is 17.3 Å². The Morgan fingerprint density at radius 3 is 2.41 bits per heavy atom. The van der Waals surface area contributed by atoms with Crippen molar-refractivity contribution in [1.29, 1.82) is 0 Å². The van der Waals surface area contributed by atoms with Gasteiger partial charge in [-0.05, 0) is 39.1 Å². The van der Waals surface area contributed by atoms with E-state index in [-0.39, 0.29) is 12.5 Å². The normalized spacial score (nSPS) is 10.4. The van der Waals surface area contributed by atoms with Crippen LogP contribution in [0.3, 0.4) is 0 Å². The van der Waals surface area contributed by atoms with Gasteiger partial charge in [0.05, 0.1) is 6.54 Å². The third kappa shape index (κ3) is 5.40. The lowest BCUT2D eigenvalue weighted by Gasteiger charge is -2.20. The van der Waals surface area contributed by atoms with Crippen LogP contribution in [0, 0.1) is 11.6 Å². The number of hydrogen-bond donors (Lipinski definition) is 2. The van der Waals surface area contributed by atoms with Gasteiger partial charge >= 0.3 is 0 Å². The highest BCUT2D eigenvalue weighted by Crippen LogP contribution is 2.17. The summed E-state index contributed by atoms with van der Waals surface area (Å²) in [5.41, 5.74) is -0.494. The summed E-state index contributed by atoms with van der Waals surface area (Å²) in [5, 5.41) is 5.10. The molecule has 0 aliphatic heterocycles. The predicted molar refractivity (Wildman–Crippen MR) is 80.4 cm³/mol. The molecule has 0 bridgehead atoms. The largest absolute Gasteiger partial charge is 0.334 e. The molecule has 22 heavy (non-hydrogen) atoms. The van der Waals surface area contributed by atoms with Gasteiger partial charge in [-0.2, -0.15) is 0 Å². The molecule has 0 saturated carbocycles. The molecule has 0 atom stereocenters. The molecular formula is C15H21F2N3O2. The Kier molecular flexibility index (Phi) is 7.45. The Balaban J connectivity index is 2.60. The van der Waals surface area contributed by atoms with Crippen LogP contribution in [-0.4, -0.2) is 43.4 Å². The van der Waals surface area contributed by atoms with Gasteiger partial charge in [-0.3, -0.25) is 9.59 Å². The molecule has 1 rings (SSSR count). The van der Waals surface area contributed by atoms with Crippen molar-refractivity contribution in [2.45, 2.75) is 19.8 Å². The highest BCUT2D eigenvalue weighted by atomic mass is 19.1. The van der Waals surface area contributed by atoms with E-state index >= 15 is 0 Å². The van der Waals surface area contributed by atoms with E-state index in [1.54, 1.807) is 14.0 Å². The molecule has 1 aromatic carbocycles. The highest BCUT2D eigenvalue weighted by molar-refractivity contribution is 5.94. The molecule has 0 saturated heterocycles. The zero-order valence-electron chi connectivity index (χ0n) is 12.8. The molecule has 0 aliphatic rings. The van der Waals surface area contributed by atoms with Gasteiger partial charge in [0.2, 0.25) is 11.8 Å². The van der Waals surface area contributed by atoms with Crippen LogP contribution in [0.4, 0.5) is 14.5 Å². The van der Waals surface area contributed by atoms with Crippen LogP contribution in [0.15, 0.2) is 18.2 Å². The molecule has 0 spiro atoms. The maximum atomic E-state index is 13.5. The summed E-state index contributed by atoms with van der Waals surface area (Å²) < 4.78 is 26.9. The lowest BCUT2D eigenvalue weighted by molar-refractivity contribution is -0.134. The summed E-state index contributed by atoms with van der Waals surface area (Å²) in [4.78, 5) is 25.2. The van der Waals surface area contributed by atoms with Crippen molar-refractivity contribution in [3.05, 3.63) is 29.8 Å². The van der Waals surface area contributed by atoms with Crippen molar-refractivity contribution >= 4 is 17.5 Å². The summed E-state index contributed by atoms with van der Waals surface area (Å²) in [6, 6.07) is 3.32. The number of likely N-dealkylation sites (N-methyl/N-ethyl adjacent to an activating group) is 1. The second-order valence-electron chi connectivity index (χ2n) is 4.76. The van der Waals surface area contributed by atoms with Crippen LogP contribution in [0.1, 0.15) is 19.8 Å². The number of anilines is 1. The van der Waals surface area contributed by atoms with E-state index < -0.39 is 23.2 Å². The molecule has 0 radical (unpaired) electrons. The Hall–Kier alpha value is -2.02. The van der Waals surface area contributed by atoms with Crippen molar-refractivity contribution in [3.63, 3.8) is 0 Å². The van der Waals surface area contributed by atoms with E-state index in [1.165, 1.54) is 11.0 Å². The van der Waals surface area contributed by atoms with E-state index in [1.807, 2.05) is 0 Å². The molecule has 0 fully saturated rings. The fourth-order valence-corrected chi connectivity index (χ4v) is 1.92. The van der Waals surface area contributed by atoms with Crippen LogP contribution in [-0.2, 0) is 9.59 Å². The molecule has 2 amide bonds. The summed E-state index contributed by atoms with van der Waals surface area (Å²) in [7, 11) is 1.79. The smallest absolute Gasteiger partial charge is 0.244 e. The van der Waals surface area contributed by atoms with Crippen LogP contribution in [0.5, 0.6) is 0 Å². The number of hydrogen-bond acceptors (Lipinski definition) is 3. The lowest BCUT2D eigenvalue weighted by atomic mass is 10.2. The summed E-state index contributed by atoms with van der Waals surface area (Å²) in [6.45, 7) is 2.57. The third-order valence-corrected chi connectivity index (χ3v) is 3.11. The molecule has 0 aliphatic carbocycles. The number of carbonyl (C=O) groups is 2.